The van der Waals surface area contributed by atoms with Gasteiger partial charge in [-0.15, -0.1) is 0 Å². The van der Waals surface area contributed by atoms with Gasteiger partial charge in [-0.25, -0.2) is 0 Å². The van der Waals surface area contributed by atoms with Crippen molar-refractivity contribution in [2.24, 2.45) is 0 Å². The monoisotopic (exact) mass is 544 g/mol. The van der Waals surface area contributed by atoms with Crippen LogP contribution in [0.3, 0.4) is 0 Å². The van der Waals surface area contributed by atoms with Gasteiger partial charge in [0.2, 0.25) is 0 Å². The Labute approximate surface area is 240 Å². The maximum absolute atomic E-state index is 4.52. The summed E-state index contributed by atoms with van der Waals surface area (Å²) < 4.78 is 9.02. The molecule has 0 spiro atoms. The molecule has 2 aliphatic carbocycles. The van der Waals surface area contributed by atoms with Crippen molar-refractivity contribution in [1.82, 2.24) is 8.75 Å². The fraction of sp³-hybridized carbons (Fsp3) is 0. The molecular formula is C34H20FeN2S+2. The van der Waals surface area contributed by atoms with Crippen LogP contribution in [0.4, 0.5) is 0 Å². The second-order valence-electron chi connectivity index (χ2n) is 8.45. The Bertz CT molecular complexity index is 1620. The molecule has 1 aromatic heterocycles. The van der Waals surface area contributed by atoms with Gasteiger partial charge in [-0.3, -0.25) is 0 Å². The largest absolute Gasteiger partial charge is 2.00 e. The van der Waals surface area contributed by atoms with Crippen LogP contribution in [-0.4, -0.2) is 8.75 Å². The van der Waals surface area contributed by atoms with Crippen LogP contribution in [0.2, 0.25) is 0 Å². The van der Waals surface area contributed by atoms with E-state index in [1.807, 2.05) is 69.9 Å². The first-order chi connectivity index (χ1) is 18.4. The molecule has 2 saturated carbocycles. The summed E-state index contributed by atoms with van der Waals surface area (Å²) >= 11 is 1.20. The van der Waals surface area contributed by atoms with E-state index in [1.54, 1.807) is 0 Å². The second kappa shape index (κ2) is 12.6. The number of fused-ring (bicyclic) bond motifs is 3. The predicted molar refractivity (Wildman–Crippen MR) is 154 cm³/mol. The van der Waals surface area contributed by atoms with Crippen LogP contribution in [0, 0.1) is 87.4 Å². The fourth-order valence-corrected chi connectivity index (χ4v) is 4.84. The molecule has 0 bridgehead atoms. The molecule has 10 radical (unpaired) electrons. The zero-order valence-corrected chi connectivity index (χ0v) is 22.1. The second-order valence-corrected chi connectivity index (χ2v) is 8.98. The van der Waals surface area contributed by atoms with Gasteiger partial charge >= 0.3 is 17.1 Å². The van der Waals surface area contributed by atoms with Gasteiger partial charge < -0.3 is 0 Å². The first-order valence-electron chi connectivity index (χ1n) is 11.9. The predicted octanol–water partition coefficient (Wildman–Crippen LogP) is 7.17. The molecule has 2 fully saturated rings. The summed E-state index contributed by atoms with van der Waals surface area (Å²) in [6.45, 7) is 0. The number of aromatic nitrogens is 2. The maximum atomic E-state index is 4.52. The molecule has 5 aromatic rings. The number of nitrogens with zero attached hydrogens (tertiary/aromatic N) is 2. The molecule has 2 aliphatic rings. The van der Waals surface area contributed by atoms with Crippen molar-refractivity contribution in [2.45, 2.75) is 0 Å². The van der Waals surface area contributed by atoms with E-state index in [-0.39, 0.29) is 17.1 Å². The van der Waals surface area contributed by atoms with Crippen LogP contribution < -0.4 is 0 Å². The van der Waals surface area contributed by atoms with Gasteiger partial charge in [0.25, 0.3) is 0 Å². The van der Waals surface area contributed by atoms with Gasteiger partial charge in [-0.05, 0) is 97.5 Å². The van der Waals surface area contributed by atoms with E-state index in [9.17, 15) is 0 Å². The van der Waals surface area contributed by atoms with Crippen molar-refractivity contribution in [3.05, 3.63) is 147 Å². The smallest absolute Gasteiger partial charge is 0.172 e. The minimum absolute atomic E-state index is 0. The molecule has 4 aromatic carbocycles. The SMILES string of the molecule is C(#Cc1ccc(C#Cc2c3ccccc3cc3ccccc23)c2nsnc12)[C]1[CH][CH][CH][CH]1.[CH]1[CH][CH][CH][CH]1.[Fe+2]. The molecule has 0 saturated heterocycles. The molecule has 38 heavy (non-hydrogen) atoms. The van der Waals surface area contributed by atoms with Crippen molar-refractivity contribution in [1.29, 1.82) is 0 Å². The molecule has 0 unspecified atom stereocenters. The molecule has 2 nitrogen and oxygen atoms in total. The maximum Gasteiger partial charge on any atom is 2.00 e. The van der Waals surface area contributed by atoms with Crippen LogP contribution >= 0.6 is 11.7 Å². The summed E-state index contributed by atoms with van der Waals surface area (Å²) in [4.78, 5) is 0. The number of hydrogen-bond donors (Lipinski definition) is 0. The Balaban J connectivity index is 0.000000442. The van der Waals surface area contributed by atoms with E-state index in [1.165, 1.54) is 22.5 Å². The molecule has 4 heteroatoms. The molecule has 0 amide bonds. The molecular weight excluding hydrogens is 524 g/mol. The Morgan fingerprint density at radius 1 is 0.526 bits per heavy atom. The quantitative estimate of drug-likeness (QED) is 0.117. The standard InChI is InChI=1S/C29H15N2S.C5H5.Fe/c1-2-8-20(7-1)13-14-21-15-16-22(29-28(21)30-32-31-29)17-18-27-25-11-5-3-9-23(25)19-24-10-4-6-12-26(24)27;1-2-4-5-3-1;/h1-12,15-16,19H;1-5H;/q;;+2. The average molecular weight is 544 g/mol. The Morgan fingerprint density at radius 3 is 1.58 bits per heavy atom. The summed E-state index contributed by atoms with van der Waals surface area (Å²) in [5.41, 5.74) is 4.39. The molecule has 1 heterocycles. The summed E-state index contributed by atoms with van der Waals surface area (Å²) in [6, 6.07) is 23.0. The van der Waals surface area contributed by atoms with Gasteiger partial charge in [0, 0.05) is 5.56 Å². The van der Waals surface area contributed by atoms with Crippen LogP contribution in [0.25, 0.3) is 32.6 Å². The third kappa shape index (κ3) is 5.80. The third-order valence-electron chi connectivity index (χ3n) is 6.07. The van der Waals surface area contributed by atoms with Crippen molar-refractivity contribution in [2.75, 3.05) is 0 Å². The summed E-state index contributed by atoms with van der Waals surface area (Å²) in [5, 5.41) is 4.69. The topological polar surface area (TPSA) is 25.8 Å². The van der Waals surface area contributed by atoms with Gasteiger partial charge in [-0.2, -0.15) is 8.75 Å². The minimum atomic E-state index is 0. The average Bonchev–Trinajstić information content (AvgIpc) is 3.75. The zero-order chi connectivity index (χ0) is 24.9. The normalized spacial score (nSPS) is 14.7. The zero-order valence-electron chi connectivity index (χ0n) is 20.2. The summed E-state index contributed by atoms with van der Waals surface area (Å²) in [6.07, 6.45) is 18.0. The number of rotatable bonds is 0. The van der Waals surface area contributed by atoms with E-state index in [0.717, 1.165) is 44.4 Å². The van der Waals surface area contributed by atoms with Crippen LogP contribution in [0.15, 0.2) is 66.7 Å². The van der Waals surface area contributed by atoms with E-state index in [4.69, 9.17) is 0 Å². The van der Waals surface area contributed by atoms with Gasteiger partial charge in [0.05, 0.1) is 28.8 Å². The van der Waals surface area contributed by atoms with Crippen LogP contribution in [0.5, 0.6) is 0 Å². The van der Waals surface area contributed by atoms with E-state index < -0.39 is 0 Å². The molecule has 0 atom stereocenters. The first kappa shape index (κ1) is 26.5. The van der Waals surface area contributed by atoms with Crippen LogP contribution in [0.1, 0.15) is 16.7 Å². The van der Waals surface area contributed by atoms with Crippen molar-refractivity contribution < 1.29 is 17.1 Å². The molecule has 7 rings (SSSR count). The van der Waals surface area contributed by atoms with Crippen LogP contribution in [-0.2, 0) is 17.1 Å². The number of benzene rings is 4. The molecule has 178 valence electrons. The van der Waals surface area contributed by atoms with Gasteiger partial charge in [-0.1, -0.05) is 72.2 Å². The van der Waals surface area contributed by atoms with E-state index >= 15 is 0 Å². The van der Waals surface area contributed by atoms with Crippen molar-refractivity contribution >= 4 is 44.3 Å². The van der Waals surface area contributed by atoms with Crippen molar-refractivity contribution in [3.63, 3.8) is 0 Å². The first-order valence-corrected chi connectivity index (χ1v) is 12.7. The fourth-order valence-electron chi connectivity index (χ4n) is 4.26. The molecule has 0 aliphatic heterocycles. The minimum Gasteiger partial charge on any atom is -0.172 e. The van der Waals surface area contributed by atoms with Gasteiger partial charge in [0.15, 0.2) is 0 Å². The summed E-state index contributed by atoms with van der Waals surface area (Å²) in [7, 11) is 0. The third-order valence-corrected chi connectivity index (χ3v) is 6.60. The van der Waals surface area contributed by atoms with Crippen molar-refractivity contribution in [3.8, 4) is 23.7 Å². The molecule has 0 N–H and O–H groups in total. The van der Waals surface area contributed by atoms with Gasteiger partial charge in [0.1, 0.15) is 11.0 Å². The Morgan fingerprint density at radius 2 is 1.03 bits per heavy atom. The van der Waals surface area contributed by atoms with E-state index in [0.29, 0.717) is 0 Å². The number of hydrogen-bond acceptors (Lipinski definition) is 3. The Hall–Kier alpha value is -3.14. The van der Waals surface area contributed by atoms with E-state index in [2.05, 4.69) is 87.0 Å². The Kier molecular flexibility index (Phi) is 8.78. The summed E-state index contributed by atoms with van der Waals surface area (Å²) in [5.74, 6) is 14.2.